The molecule has 1 nitrogen and oxygen atoms in total. The molecule has 3 heteroatoms. The third-order valence-electron chi connectivity index (χ3n) is 5.50. The first-order valence-corrected chi connectivity index (χ1v) is 11.7. The van der Waals surface area contributed by atoms with Gasteiger partial charge in [0, 0.05) is 6.04 Å². The Balaban J connectivity index is 0.00000210. The van der Waals surface area contributed by atoms with E-state index >= 15 is 0 Å². The van der Waals surface area contributed by atoms with Crippen LogP contribution in [-0.2, 0) is 0 Å². The van der Waals surface area contributed by atoms with E-state index in [1.807, 2.05) is 0 Å². The van der Waals surface area contributed by atoms with E-state index < -0.39 is 7.26 Å². The summed E-state index contributed by atoms with van der Waals surface area (Å²) in [6.45, 7) is 1.16. The van der Waals surface area contributed by atoms with Gasteiger partial charge in [0.1, 0.15) is 23.2 Å². The standard InChI is InChI=1S/C24H27NP.HI/c1-4-13-22(14-5-1)26(23-15-6-2-7-16-23,24-17-8-3-9-18-24)20-21-12-10-11-19-25-21;/h1-9,13-18,21,25H,10-12,19-20H2;1H/q+1;. The molecule has 0 spiro atoms. The number of halogens is 1. The van der Waals surface area contributed by atoms with Gasteiger partial charge in [0.25, 0.3) is 0 Å². The number of hydrogen-bond acceptors (Lipinski definition) is 1. The van der Waals surface area contributed by atoms with Crippen LogP contribution >= 0.6 is 31.2 Å². The monoisotopic (exact) mass is 488 g/mol. The zero-order valence-corrected chi connectivity index (χ0v) is 18.9. The molecule has 0 radical (unpaired) electrons. The highest BCUT2D eigenvalue weighted by Crippen LogP contribution is 2.56. The van der Waals surface area contributed by atoms with E-state index in [0.29, 0.717) is 6.04 Å². The lowest BCUT2D eigenvalue weighted by atomic mass is 10.1. The molecule has 140 valence electrons. The zero-order chi connectivity index (χ0) is 17.7. The van der Waals surface area contributed by atoms with E-state index in [9.17, 15) is 0 Å². The third kappa shape index (κ3) is 4.45. The van der Waals surface area contributed by atoms with Gasteiger partial charge in [-0.3, -0.25) is 0 Å². The molecule has 1 heterocycles. The Morgan fingerprint density at radius 1 is 0.667 bits per heavy atom. The number of hydrogen-bond donors (Lipinski definition) is 1. The molecule has 3 aromatic rings. The minimum Gasteiger partial charge on any atom is -0.311 e. The molecule has 3 aromatic carbocycles. The van der Waals surface area contributed by atoms with Crippen molar-refractivity contribution in [3.63, 3.8) is 0 Å². The van der Waals surface area contributed by atoms with E-state index in [1.165, 1.54) is 41.3 Å². The van der Waals surface area contributed by atoms with Crippen molar-refractivity contribution in [2.24, 2.45) is 0 Å². The smallest absolute Gasteiger partial charge is 0.113 e. The lowest BCUT2D eigenvalue weighted by molar-refractivity contribution is 0.428. The maximum atomic E-state index is 3.81. The first-order chi connectivity index (χ1) is 12.9. The topological polar surface area (TPSA) is 12.0 Å². The maximum Gasteiger partial charge on any atom is 0.113 e. The van der Waals surface area contributed by atoms with Crippen LogP contribution in [0.4, 0.5) is 0 Å². The summed E-state index contributed by atoms with van der Waals surface area (Å²) in [6.07, 6.45) is 5.14. The summed E-state index contributed by atoms with van der Waals surface area (Å²) in [5.41, 5.74) is 0. The summed E-state index contributed by atoms with van der Waals surface area (Å²) in [6, 6.07) is 34.2. The number of piperidine rings is 1. The summed E-state index contributed by atoms with van der Waals surface area (Å²) < 4.78 is 0. The van der Waals surface area contributed by atoms with Gasteiger partial charge in [-0.15, -0.1) is 24.0 Å². The minimum atomic E-state index is -1.68. The maximum absolute atomic E-state index is 3.81. The molecule has 0 amide bonds. The number of rotatable bonds is 5. The number of nitrogens with one attached hydrogen (secondary N) is 1. The molecule has 1 aliphatic heterocycles. The van der Waals surface area contributed by atoms with E-state index in [0.717, 1.165) is 6.54 Å². The van der Waals surface area contributed by atoms with Gasteiger partial charge in [-0.05, 0) is 55.8 Å². The Morgan fingerprint density at radius 2 is 1.11 bits per heavy atom. The van der Waals surface area contributed by atoms with Crippen molar-refractivity contribution in [2.45, 2.75) is 25.3 Å². The second-order valence-corrected chi connectivity index (χ2v) is 10.7. The molecule has 1 saturated heterocycles. The molecule has 1 N–H and O–H groups in total. The molecule has 0 aliphatic carbocycles. The van der Waals surface area contributed by atoms with Gasteiger partial charge in [0.2, 0.25) is 0 Å². The van der Waals surface area contributed by atoms with Crippen LogP contribution in [0.5, 0.6) is 0 Å². The summed E-state index contributed by atoms with van der Waals surface area (Å²) >= 11 is 0. The molecule has 1 aliphatic rings. The quantitative estimate of drug-likeness (QED) is 0.404. The Labute approximate surface area is 181 Å². The predicted octanol–water partition coefficient (Wildman–Crippen LogP) is 4.74. The van der Waals surface area contributed by atoms with E-state index in [1.54, 1.807) is 0 Å². The SMILES string of the molecule is I.c1ccc([P+](CC2CCCCN2)(c2ccccc2)c2ccccc2)cc1. The minimum absolute atomic E-state index is 0. The van der Waals surface area contributed by atoms with Gasteiger partial charge < -0.3 is 5.32 Å². The van der Waals surface area contributed by atoms with Crippen molar-refractivity contribution in [1.29, 1.82) is 0 Å². The van der Waals surface area contributed by atoms with Crippen LogP contribution in [0.25, 0.3) is 0 Å². The molecule has 1 atom stereocenters. The normalized spacial score (nSPS) is 17.1. The van der Waals surface area contributed by atoms with Crippen molar-refractivity contribution in [1.82, 2.24) is 5.32 Å². The third-order valence-corrected chi connectivity index (χ3v) is 10.0. The van der Waals surface area contributed by atoms with Crippen LogP contribution in [0.3, 0.4) is 0 Å². The van der Waals surface area contributed by atoms with Crippen LogP contribution in [0.15, 0.2) is 91.0 Å². The van der Waals surface area contributed by atoms with Crippen LogP contribution in [0.1, 0.15) is 19.3 Å². The molecule has 0 bridgehead atoms. The van der Waals surface area contributed by atoms with Crippen molar-refractivity contribution in [2.75, 3.05) is 12.7 Å². The second kappa shape index (κ2) is 9.82. The Hall–Kier alpha value is -1.22. The molecule has 0 aromatic heterocycles. The van der Waals surface area contributed by atoms with Gasteiger partial charge in [-0.25, -0.2) is 0 Å². The summed E-state index contributed by atoms with van der Waals surface area (Å²) in [4.78, 5) is 0. The Kier molecular flexibility index (Phi) is 7.46. The average molecular weight is 488 g/mol. The fraction of sp³-hybridized carbons (Fsp3) is 0.250. The molecule has 4 rings (SSSR count). The predicted molar refractivity (Wildman–Crippen MR) is 131 cm³/mol. The average Bonchev–Trinajstić information content (AvgIpc) is 2.75. The van der Waals surface area contributed by atoms with Crippen LogP contribution in [0, 0.1) is 0 Å². The highest BCUT2D eigenvalue weighted by Gasteiger charge is 2.46. The van der Waals surface area contributed by atoms with Crippen molar-refractivity contribution in [3.05, 3.63) is 91.0 Å². The molecular formula is C24H28INP+. The molecular weight excluding hydrogens is 460 g/mol. The summed E-state index contributed by atoms with van der Waals surface area (Å²) in [5.74, 6) is 0. The second-order valence-electron chi connectivity index (χ2n) is 7.15. The van der Waals surface area contributed by atoms with E-state index in [4.69, 9.17) is 0 Å². The molecule has 27 heavy (non-hydrogen) atoms. The van der Waals surface area contributed by atoms with E-state index in [-0.39, 0.29) is 24.0 Å². The fourth-order valence-corrected chi connectivity index (χ4v) is 8.76. The zero-order valence-electron chi connectivity index (χ0n) is 15.6. The highest BCUT2D eigenvalue weighted by atomic mass is 127. The summed E-state index contributed by atoms with van der Waals surface area (Å²) in [7, 11) is -1.68. The van der Waals surface area contributed by atoms with Gasteiger partial charge >= 0.3 is 0 Å². The van der Waals surface area contributed by atoms with Crippen molar-refractivity contribution < 1.29 is 0 Å². The van der Waals surface area contributed by atoms with Crippen molar-refractivity contribution in [3.8, 4) is 0 Å². The number of benzene rings is 3. The van der Waals surface area contributed by atoms with Gasteiger partial charge in [-0.2, -0.15) is 0 Å². The Morgan fingerprint density at radius 3 is 1.48 bits per heavy atom. The van der Waals surface area contributed by atoms with Crippen LogP contribution in [0.2, 0.25) is 0 Å². The molecule has 1 fully saturated rings. The highest BCUT2D eigenvalue weighted by molar-refractivity contribution is 14.0. The van der Waals surface area contributed by atoms with Crippen LogP contribution in [-0.4, -0.2) is 18.7 Å². The van der Waals surface area contributed by atoms with Gasteiger partial charge in [0.15, 0.2) is 0 Å². The van der Waals surface area contributed by atoms with Gasteiger partial charge in [0.05, 0.1) is 6.16 Å². The lowest BCUT2D eigenvalue weighted by Crippen LogP contribution is -2.44. The fourth-order valence-electron chi connectivity index (χ4n) is 4.22. The van der Waals surface area contributed by atoms with Gasteiger partial charge in [-0.1, -0.05) is 61.0 Å². The first kappa shape index (κ1) is 20.5. The van der Waals surface area contributed by atoms with Crippen molar-refractivity contribution >= 4 is 47.2 Å². The lowest BCUT2D eigenvalue weighted by Gasteiger charge is -2.33. The molecule has 0 saturated carbocycles. The Bertz CT molecular complexity index is 705. The first-order valence-electron chi connectivity index (χ1n) is 9.68. The molecule has 1 unspecified atom stereocenters. The van der Waals surface area contributed by atoms with Crippen LogP contribution < -0.4 is 21.2 Å². The summed E-state index contributed by atoms with van der Waals surface area (Å²) in [5, 5.41) is 8.28. The van der Waals surface area contributed by atoms with E-state index in [2.05, 4.69) is 96.3 Å². The largest absolute Gasteiger partial charge is 0.311 e.